The highest BCUT2D eigenvalue weighted by atomic mass is 16.3. The molecule has 0 unspecified atom stereocenters. The average molecular weight is 815 g/mol. The average Bonchev–Trinajstić information content (AvgIpc) is 3.62. The highest BCUT2D eigenvalue weighted by Crippen LogP contribution is 2.46. The molecule has 1 heterocycles. The number of anilines is 6. The fourth-order valence-corrected chi connectivity index (χ4v) is 9.55. The van der Waals surface area contributed by atoms with Gasteiger partial charge in [-0.25, -0.2) is 0 Å². The Morgan fingerprint density at radius 3 is 1.03 bits per heavy atom. The summed E-state index contributed by atoms with van der Waals surface area (Å²) in [6, 6.07) is 71.0. The summed E-state index contributed by atoms with van der Waals surface area (Å²) in [4.78, 5) is 4.83. The second kappa shape index (κ2) is 14.6. The van der Waals surface area contributed by atoms with E-state index < -0.39 is 0 Å². The topological polar surface area (TPSA) is 19.6 Å². The molecule has 1 aromatic heterocycles. The number of furan rings is 1. The van der Waals surface area contributed by atoms with Crippen LogP contribution in [0.4, 0.5) is 34.1 Å². The quantitative estimate of drug-likeness (QED) is 0.167. The molecule has 0 spiro atoms. The highest BCUT2D eigenvalue weighted by molar-refractivity contribution is 6.14. The monoisotopic (exact) mass is 814 g/mol. The van der Waals surface area contributed by atoms with Crippen molar-refractivity contribution in [2.24, 2.45) is 0 Å². The number of hydrogen-bond acceptors (Lipinski definition) is 3. The van der Waals surface area contributed by atoms with Gasteiger partial charge in [-0.1, -0.05) is 139 Å². The Morgan fingerprint density at radius 1 is 0.302 bits per heavy atom. The Bertz CT molecular complexity index is 3300. The summed E-state index contributed by atoms with van der Waals surface area (Å²) in [6.07, 6.45) is 0. The molecule has 0 amide bonds. The molecular weight excluding hydrogens is 765 g/mol. The van der Waals surface area contributed by atoms with Gasteiger partial charge in [0.25, 0.3) is 0 Å². The summed E-state index contributed by atoms with van der Waals surface area (Å²) >= 11 is 0. The molecule has 0 saturated carbocycles. The van der Waals surface area contributed by atoms with E-state index >= 15 is 0 Å². The fraction of sp³-hybridized carbons (Fsp3) is 0.133. The molecule has 0 atom stereocenters. The molecule has 63 heavy (non-hydrogen) atoms. The summed E-state index contributed by atoms with van der Waals surface area (Å²) in [7, 11) is 0. The minimum Gasteiger partial charge on any atom is -0.456 e. The molecule has 0 aliphatic heterocycles. The second-order valence-corrected chi connectivity index (χ2v) is 19.1. The van der Waals surface area contributed by atoms with Crippen LogP contribution in [-0.4, -0.2) is 0 Å². The molecule has 0 aliphatic rings. The molecule has 0 saturated heterocycles. The van der Waals surface area contributed by atoms with Crippen LogP contribution in [0.5, 0.6) is 0 Å². The van der Waals surface area contributed by atoms with Crippen molar-refractivity contribution >= 4 is 99.2 Å². The van der Waals surface area contributed by atoms with E-state index in [1.165, 1.54) is 54.8 Å². The Labute approximate surface area is 369 Å². The van der Waals surface area contributed by atoms with Gasteiger partial charge in [-0.15, -0.1) is 0 Å². The van der Waals surface area contributed by atoms with Gasteiger partial charge in [-0.05, 0) is 162 Å². The third kappa shape index (κ3) is 6.85. The number of fused-ring (bicyclic) bond motifs is 7. The van der Waals surface area contributed by atoms with E-state index in [2.05, 4.69) is 245 Å². The van der Waals surface area contributed by atoms with Crippen molar-refractivity contribution in [3.05, 3.63) is 205 Å². The van der Waals surface area contributed by atoms with E-state index in [1.54, 1.807) is 0 Å². The van der Waals surface area contributed by atoms with E-state index in [-0.39, 0.29) is 10.8 Å². The molecule has 0 aliphatic carbocycles. The number of hydrogen-bond donors (Lipinski definition) is 0. The van der Waals surface area contributed by atoms with Gasteiger partial charge in [0, 0.05) is 33.5 Å². The first-order chi connectivity index (χ1) is 30.5. The first kappa shape index (κ1) is 38.6. The van der Waals surface area contributed by atoms with Crippen molar-refractivity contribution in [1.82, 2.24) is 0 Å². The smallest absolute Gasteiger partial charge is 0.136 e. The Kier molecular flexibility index (Phi) is 8.96. The molecule has 3 nitrogen and oxygen atoms in total. The molecular formula is C60H50N2O. The molecule has 10 aromatic carbocycles. The normalized spacial score (nSPS) is 12.3. The predicted octanol–water partition coefficient (Wildman–Crippen LogP) is 17.7. The minimum absolute atomic E-state index is 0.0837. The van der Waals surface area contributed by atoms with Crippen LogP contribution < -0.4 is 9.80 Å². The van der Waals surface area contributed by atoms with E-state index in [0.717, 1.165) is 55.5 Å². The van der Waals surface area contributed by atoms with Gasteiger partial charge in [0.05, 0.1) is 11.4 Å². The summed E-state index contributed by atoms with van der Waals surface area (Å²) in [5.41, 5.74) is 11.0. The van der Waals surface area contributed by atoms with Crippen molar-refractivity contribution in [3.8, 4) is 0 Å². The van der Waals surface area contributed by atoms with Gasteiger partial charge in [-0.2, -0.15) is 0 Å². The summed E-state index contributed by atoms with van der Waals surface area (Å²) in [6.45, 7) is 13.8. The van der Waals surface area contributed by atoms with Crippen molar-refractivity contribution in [2.75, 3.05) is 9.80 Å². The number of nitrogens with zero attached hydrogens (tertiary/aromatic N) is 2. The van der Waals surface area contributed by atoms with Crippen LogP contribution in [0.2, 0.25) is 0 Å². The van der Waals surface area contributed by atoms with Crippen LogP contribution in [-0.2, 0) is 10.8 Å². The van der Waals surface area contributed by atoms with E-state index in [0.29, 0.717) is 0 Å². The van der Waals surface area contributed by atoms with Gasteiger partial charge in [0.2, 0.25) is 0 Å². The lowest BCUT2D eigenvalue weighted by Crippen LogP contribution is -2.19. The molecule has 0 N–H and O–H groups in total. The molecule has 11 aromatic rings. The zero-order chi connectivity index (χ0) is 43.0. The molecule has 11 rings (SSSR count). The summed E-state index contributed by atoms with van der Waals surface area (Å²) < 4.78 is 6.80. The Balaban J connectivity index is 1.05. The van der Waals surface area contributed by atoms with E-state index in [1.807, 2.05) is 0 Å². The Hall–Kier alpha value is -7.36. The third-order valence-corrected chi connectivity index (χ3v) is 12.7. The van der Waals surface area contributed by atoms with Crippen molar-refractivity contribution in [2.45, 2.75) is 52.4 Å². The Morgan fingerprint density at radius 2 is 0.651 bits per heavy atom. The first-order valence-electron chi connectivity index (χ1n) is 22.1. The lowest BCUT2D eigenvalue weighted by Gasteiger charge is -2.32. The van der Waals surface area contributed by atoms with Gasteiger partial charge < -0.3 is 14.2 Å². The second-order valence-electron chi connectivity index (χ2n) is 19.1. The van der Waals surface area contributed by atoms with Crippen LogP contribution >= 0.6 is 0 Å². The fourth-order valence-electron chi connectivity index (χ4n) is 9.55. The summed E-state index contributed by atoms with van der Waals surface area (Å²) in [5.74, 6) is 0. The maximum atomic E-state index is 6.80. The van der Waals surface area contributed by atoms with Crippen LogP contribution in [0.15, 0.2) is 199 Å². The largest absolute Gasteiger partial charge is 0.456 e. The highest BCUT2D eigenvalue weighted by Gasteiger charge is 2.26. The van der Waals surface area contributed by atoms with Crippen molar-refractivity contribution < 1.29 is 4.42 Å². The number of para-hydroxylation sites is 2. The third-order valence-electron chi connectivity index (χ3n) is 12.7. The summed E-state index contributed by atoms with van der Waals surface area (Å²) in [5, 5.41) is 11.8. The maximum absolute atomic E-state index is 6.80. The van der Waals surface area contributed by atoms with Crippen LogP contribution in [0, 0.1) is 0 Å². The molecule has 3 heteroatoms. The SMILES string of the molecule is CC(C)(C)c1cc2ccccc2cc1N(c1ccccc1)c1ccc2cc3c(cc2c1)oc1cc2cc(N(c4ccccc4)c4cc5ccccc5cc4C(C)(C)C)ccc2cc13. The molecule has 0 bridgehead atoms. The van der Waals surface area contributed by atoms with E-state index in [9.17, 15) is 0 Å². The van der Waals surface area contributed by atoms with E-state index in [4.69, 9.17) is 4.42 Å². The molecule has 0 radical (unpaired) electrons. The van der Waals surface area contributed by atoms with Gasteiger partial charge in [-0.3, -0.25) is 0 Å². The zero-order valence-corrected chi connectivity index (χ0v) is 36.8. The standard InChI is InChI=1S/C60H50N2O/c1-59(2,3)53-33-39-17-13-15-19-41(39)35-55(53)61(47-21-9-7-10-22-47)49-27-25-43-31-51-52-32-44-26-28-50(30-46(44)38-58(52)63-57(51)37-45(43)29-49)62(48-23-11-8-12-24-48)56-36-42-20-16-14-18-40(42)34-54(56)60(4,5)6/h7-38H,1-6H3. The van der Waals surface area contributed by atoms with Crippen molar-refractivity contribution in [1.29, 1.82) is 0 Å². The zero-order valence-electron chi connectivity index (χ0n) is 36.8. The van der Waals surface area contributed by atoms with Crippen LogP contribution in [0.25, 0.3) is 65.0 Å². The first-order valence-corrected chi connectivity index (χ1v) is 22.1. The molecule has 306 valence electrons. The number of rotatable bonds is 6. The predicted molar refractivity (Wildman–Crippen MR) is 271 cm³/mol. The molecule has 0 fully saturated rings. The lowest BCUT2D eigenvalue weighted by atomic mass is 9.83. The minimum atomic E-state index is -0.0837. The van der Waals surface area contributed by atoms with Crippen molar-refractivity contribution in [3.63, 3.8) is 0 Å². The van der Waals surface area contributed by atoms with Gasteiger partial charge in [0.1, 0.15) is 11.2 Å². The van der Waals surface area contributed by atoms with Crippen LogP contribution in [0.3, 0.4) is 0 Å². The lowest BCUT2D eigenvalue weighted by molar-refractivity contribution is 0.591. The van der Waals surface area contributed by atoms with Crippen LogP contribution in [0.1, 0.15) is 52.7 Å². The van der Waals surface area contributed by atoms with Gasteiger partial charge >= 0.3 is 0 Å². The maximum Gasteiger partial charge on any atom is 0.136 e. The van der Waals surface area contributed by atoms with Gasteiger partial charge in [0.15, 0.2) is 0 Å². The number of benzene rings is 10.